The number of fused-ring (bicyclic) bond motifs is 1. The smallest absolute Gasteiger partial charge is 0.251 e. The van der Waals surface area contributed by atoms with E-state index >= 15 is 0 Å². The van der Waals surface area contributed by atoms with Crippen LogP contribution in [0, 0.1) is 0 Å². The number of nitrogens with one attached hydrogen (secondary N) is 1. The van der Waals surface area contributed by atoms with Crippen molar-refractivity contribution >= 4 is 16.8 Å². The van der Waals surface area contributed by atoms with Gasteiger partial charge in [0.25, 0.3) is 5.91 Å². The van der Waals surface area contributed by atoms with Crippen molar-refractivity contribution < 1.29 is 14.3 Å². The Morgan fingerprint density at radius 1 is 1.42 bits per heavy atom. The topological polar surface area (TPSA) is 52.5 Å². The van der Waals surface area contributed by atoms with Crippen molar-refractivity contribution in [1.82, 2.24) is 9.88 Å². The fraction of sp³-hybridized carbons (Fsp3) is 0.526. The van der Waals surface area contributed by atoms with Crippen LogP contribution >= 0.6 is 0 Å². The van der Waals surface area contributed by atoms with Crippen molar-refractivity contribution in [1.29, 1.82) is 0 Å². The number of carbonyl (C=O) groups excluding carboxylic acids is 1. The lowest BCUT2D eigenvalue weighted by Gasteiger charge is -2.35. The Bertz CT molecular complexity index is 720. The SMILES string of the molecule is COCCn1ccc2cc(C(=O)N[C@H]3CCOC(C)(C)C3)ccc21. The van der Waals surface area contributed by atoms with Gasteiger partial charge in [-0.15, -0.1) is 0 Å². The molecule has 1 N–H and O–H groups in total. The highest BCUT2D eigenvalue weighted by molar-refractivity contribution is 5.98. The van der Waals surface area contributed by atoms with Gasteiger partial charge in [0, 0.05) is 49.0 Å². The van der Waals surface area contributed by atoms with Crippen molar-refractivity contribution in [2.24, 2.45) is 0 Å². The number of aromatic nitrogens is 1. The molecule has 1 aromatic heterocycles. The molecule has 0 spiro atoms. The molecule has 0 aliphatic carbocycles. The van der Waals surface area contributed by atoms with Crippen LogP contribution in [-0.4, -0.2) is 42.4 Å². The molecule has 1 atom stereocenters. The van der Waals surface area contributed by atoms with Gasteiger partial charge in [0.2, 0.25) is 0 Å². The van der Waals surface area contributed by atoms with Gasteiger partial charge in [0.15, 0.2) is 0 Å². The maximum Gasteiger partial charge on any atom is 0.251 e. The molecule has 24 heavy (non-hydrogen) atoms. The van der Waals surface area contributed by atoms with Crippen molar-refractivity contribution in [3.05, 3.63) is 36.0 Å². The van der Waals surface area contributed by atoms with Gasteiger partial charge in [-0.25, -0.2) is 0 Å². The first kappa shape index (κ1) is 17.0. The maximum atomic E-state index is 12.6. The van der Waals surface area contributed by atoms with E-state index in [1.165, 1.54) is 0 Å². The van der Waals surface area contributed by atoms with E-state index in [2.05, 4.69) is 23.7 Å². The molecule has 5 nitrogen and oxygen atoms in total. The van der Waals surface area contributed by atoms with E-state index < -0.39 is 0 Å². The highest BCUT2D eigenvalue weighted by Crippen LogP contribution is 2.24. The summed E-state index contributed by atoms with van der Waals surface area (Å²) in [4.78, 5) is 12.6. The summed E-state index contributed by atoms with van der Waals surface area (Å²) in [6.45, 7) is 6.31. The third-order valence-corrected chi connectivity index (χ3v) is 4.60. The number of amides is 1. The number of benzene rings is 1. The third-order valence-electron chi connectivity index (χ3n) is 4.60. The average molecular weight is 330 g/mol. The lowest BCUT2D eigenvalue weighted by molar-refractivity contribution is -0.0615. The molecular weight excluding hydrogens is 304 g/mol. The molecule has 1 aliphatic heterocycles. The molecule has 0 radical (unpaired) electrons. The zero-order chi connectivity index (χ0) is 17.2. The lowest BCUT2D eigenvalue weighted by atomic mass is 9.93. The van der Waals surface area contributed by atoms with Gasteiger partial charge in [-0.3, -0.25) is 4.79 Å². The largest absolute Gasteiger partial charge is 0.383 e. The molecule has 3 rings (SSSR count). The first-order valence-electron chi connectivity index (χ1n) is 8.51. The number of hydrogen-bond donors (Lipinski definition) is 1. The van der Waals surface area contributed by atoms with Gasteiger partial charge in [-0.1, -0.05) is 0 Å². The first-order valence-corrected chi connectivity index (χ1v) is 8.51. The zero-order valence-electron chi connectivity index (χ0n) is 14.7. The Balaban J connectivity index is 1.71. The predicted octanol–water partition coefficient (Wildman–Crippen LogP) is 2.98. The minimum absolute atomic E-state index is 0.00996. The number of methoxy groups -OCH3 is 1. The van der Waals surface area contributed by atoms with E-state index in [0.717, 1.165) is 30.3 Å². The molecule has 2 heterocycles. The minimum atomic E-state index is -0.168. The van der Waals surface area contributed by atoms with Gasteiger partial charge >= 0.3 is 0 Å². The molecule has 1 aliphatic rings. The van der Waals surface area contributed by atoms with Crippen molar-refractivity contribution in [2.45, 2.75) is 44.9 Å². The molecule has 5 heteroatoms. The molecule has 130 valence electrons. The highest BCUT2D eigenvalue weighted by atomic mass is 16.5. The molecule has 0 bridgehead atoms. The van der Waals surface area contributed by atoms with Gasteiger partial charge in [0.1, 0.15) is 0 Å². The Kier molecular flexibility index (Phi) is 4.92. The Morgan fingerprint density at radius 2 is 2.25 bits per heavy atom. The normalized spacial score (nSPS) is 20.2. The van der Waals surface area contributed by atoms with Crippen LogP contribution in [0.2, 0.25) is 0 Å². The lowest BCUT2D eigenvalue weighted by Crippen LogP contribution is -2.45. The second-order valence-corrected chi connectivity index (χ2v) is 7.05. The average Bonchev–Trinajstić information content (AvgIpc) is 2.94. The van der Waals surface area contributed by atoms with Gasteiger partial charge in [-0.2, -0.15) is 0 Å². The van der Waals surface area contributed by atoms with Crippen molar-refractivity contribution in [3.8, 4) is 0 Å². The van der Waals surface area contributed by atoms with Crippen LogP contribution < -0.4 is 5.32 Å². The van der Waals surface area contributed by atoms with E-state index in [9.17, 15) is 4.79 Å². The van der Waals surface area contributed by atoms with E-state index in [-0.39, 0.29) is 17.6 Å². The summed E-state index contributed by atoms with van der Waals surface area (Å²) in [5.41, 5.74) is 1.66. The Labute approximate surface area is 142 Å². The van der Waals surface area contributed by atoms with Crippen LogP contribution in [0.5, 0.6) is 0 Å². The number of ether oxygens (including phenoxy) is 2. The number of rotatable bonds is 5. The van der Waals surface area contributed by atoms with Crippen LogP contribution in [0.25, 0.3) is 10.9 Å². The highest BCUT2D eigenvalue weighted by Gasteiger charge is 2.29. The van der Waals surface area contributed by atoms with Crippen LogP contribution in [0.3, 0.4) is 0 Å². The first-order chi connectivity index (χ1) is 11.5. The summed E-state index contributed by atoms with van der Waals surface area (Å²) in [7, 11) is 1.70. The van der Waals surface area contributed by atoms with E-state index in [4.69, 9.17) is 9.47 Å². The van der Waals surface area contributed by atoms with Crippen LogP contribution in [0.15, 0.2) is 30.5 Å². The third kappa shape index (κ3) is 3.79. The molecule has 0 unspecified atom stereocenters. The summed E-state index contributed by atoms with van der Waals surface area (Å²) in [6.07, 6.45) is 3.74. The van der Waals surface area contributed by atoms with Crippen LogP contribution in [-0.2, 0) is 16.0 Å². The minimum Gasteiger partial charge on any atom is -0.383 e. The fourth-order valence-corrected chi connectivity index (χ4v) is 3.35. The van der Waals surface area contributed by atoms with Crippen LogP contribution in [0.4, 0.5) is 0 Å². The van der Waals surface area contributed by atoms with E-state index in [0.29, 0.717) is 18.8 Å². The van der Waals surface area contributed by atoms with Gasteiger partial charge < -0.3 is 19.4 Å². The van der Waals surface area contributed by atoms with Gasteiger partial charge in [0.05, 0.1) is 12.2 Å². The maximum absolute atomic E-state index is 12.6. The number of nitrogens with zero attached hydrogens (tertiary/aromatic N) is 1. The Morgan fingerprint density at radius 3 is 3.00 bits per heavy atom. The van der Waals surface area contributed by atoms with E-state index in [1.54, 1.807) is 7.11 Å². The van der Waals surface area contributed by atoms with Crippen molar-refractivity contribution in [3.63, 3.8) is 0 Å². The molecule has 2 aromatic rings. The second-order valence-electron chi connectivity index (χ2n) is 7.05. The molecular formula is C19H26N2O3. The predicted molar refractivity (Wildman–Crippen MR) is 94.3 cm³/mol. The Hall–Kier alpha value is -1.85. The fourth-order valence-electron chi connectivity index (χ4n) is 3.35. The molecule has 1 saturated heterocycles. The summed E-state index contributed by atoms with van der Waals surface area (Å²) in [6, 6.07) is 8.07. The summed E-state index contributed by atoms with van der Waals surface area (Å²) >= 11 is 0. The summed E-state index contributed by atoms with van der Waals surface area (Å²) in [5, 5.41) is 4.23. The van der Waals surface area contributed by atoms with Gasteiger partial charge in [-0.05, 0) is 51.0 Å². The molecule has 1 fully saturated rings. The molecule has 0 saturated carbocycles. The van der Waals surface area contributed by atoms with Crippen LogP contribution in [0.1, 0.15) is 37.0 Å². The number of hydrogen-bond acceptors (Lipinski definition) is 3. The summed E-state index contributed by atoms with van der Waals surface area (Å²) in [5.74, 6) is -0.00996. The monoisotopic (exact) mass is 330 g/mol. The standard InChI is InChI=1S/C19H26N2O3/c1-19(2)13-16(7-10-24-19)20-18(22)15-4-5-17-14(12-15)6-8-21(17)9-11-23-3/h4-6,8,12,16H,7,9-11,13H2,1-3H3,(H,20,22)/t16-/m0/s1. The second kappa shape index (κ2) is 6.95. The zero-order valence-corrected chi connectivity index (χ0v) is 14.7. The quantitative estimate of drug-likeness (QED) is 0.917. The molecule has 1 amide bonds. The molecule has 1 aromatic carbocycles. The number of carbonyl (C=O) groups is 1. The van der Waals surface area contributed by atoms with Crippen molar-refractivity contribution in [2.75, 3.05) is 20.3 Å². The summed E-state index contributed by atoms with van der Waals surface area (Å²) < 4.78 is 13.0. The van der Waals surface area contributed by atoms with E-state index in [1.807, 2.05) is 30.5 Å².